The quantitative estimate of drug-likeness (QED) is 0.832. The molecule has 0 bridgehead atoms. The second-order valence-electron chi connectivity index (χ2n) is 7.23. The van der Waals surface area contributed by atoms with Gasteiger partial charge in [0.25, 0.3) is 0 Å². The molecule has 1 aromatic carbocycles. The highest BCUT2D eigenvalue weighted by Crippen LogP contribution is 2.50. The minimum absolute atomic E-state index is 0.00812. The summed E-state index contributed by atoms with van der Waals surface area (Å²) in [5.41, 5.74) is 3.76. The average molecular weight is 357 g/mol. The molecule has 1 aromatic heterocycles. The number of benzene rings is 1. The third-order valence-corrected chi connectivity index (χ3v) is 5.72. The van der Waals surface area contributed by atoms with E-state index in [1.54, 1.807) is 0 Å². The number of halogens is 1. The van der Waals surface area contributed by atoms with Crippen LogP contribution in [0.1, 0.15) is 42.0 Å². The fourth-order valence-corrected chi connectivity index (χ4v) is 3.73. The molecule has 4 rings (SSSR count). The Labute approximate surface area is 152 Å². The SMILES string of the molecule is Cc1cc(NC(=O)C2(c3ccc4c(c3)CC(C)O4)CC2)nc(Cl)c1C. The first-order valence-electron chi connectivity index (χ1n) is 8.64. The highest BCUT2D eigenvalue weighted by Gasteiger charge is 2.51. The Bertz CT molecular complexity index is 851. The van der Waals surface area contributed by atoms with Crippen LogP contribution in [-0.2, 0) is 16.6 Å². The Morgan fingerprint density at radius 3 is 2.76 bits per heavy atom. The maximum Gasteiger partial charge on any atom is 0.236 e. The lowest BCUT2D eigenvalue weighted by Crippen LogP contribution is -2.28. The molecule has 2 aromatic rings. The second kappa shape index (κ2) is 5.73. The van der Waals surface area contributed by atoms with Crippen molar-refractivity contribution in [2.75, 3.05) is 5.32 Å². The molecule has 0 spiro atoms. The molecule has 5 heteroatoms. The summed E-state index contributed by atoms with van der Waals surface area (Å²) >= 11 is 6.15. The molecule has 2 aliphatic rings. The van der Waals surface area contributed by atoms with Gasteiger partial charge in [-0.05, 0) is 68.0 Å². The van der Waals surface area contributed by atoms with Crippen LogP contribution in [0, 0.1) is 13.8 Å². The lowest BCUT2D eigenvalue weighted by atomic mass is 9.92. The van der Waals surface area contributed by atoms with E-state index in [-0.39, 0.29) is 12.0 Å². The molecule has 130 valence electrons. The third-order valence-electron chi connectivity index (χ3n) is 5.35. The Balaban J connectivity index is 1.59. The van der Waals surface area contributed by atoms with Gasteiger partial charge in [0.15, 0.2) is 0 Å². The number of aromatic nitrogens is 1. The lowest BCUT2D eigenvalue weighted by Gasteiger charge is -2.17. The van der Waals surface area contributed by atoms with E-state index in [1.807, 2.05) is 32.0 Å². The first kappa shape index (κ1) is 16.4. The summed E-state index contributed by atoms with van der Waals surface area (Å²) in [6.07, 6.45) is 2.81. The van der Waals surface area contributed by atoms with Crippen molar-refractivity contribution in [2.45, 2.75) is 51.6 Å². The summed E-state index contributed by atoms with van der Waals surface area (Å²) in [4.78, 5) is 17.2. The number of rotatable bonds is 3. The number of anilines is 1. The molecule has 0 saturated heterocycles. The fourth-order valence-electron chi connectivity index (χ4n) is 3.49. The standard InChI is InChI=1S/C20H21ClN2O2/c1-11-8-17(22-18(21)13(11)3)23-19(24)20(6-7-20)15-4-5-16-14(10-15)9-12(2)25-16/h4-5,8,10,12H,6-7,9H2,1-3H3,(H,22,23,24). The van der Waals surface area contributed by atoms with Crippen LogP contribution < -0.4 is 10.1 Å². The zero-order chi connectivity index (χ0) is 17.8. The van der Waals surface area contributed by atoms with Crippen molar-refractivity contribution >= 4 is 23.3 Å². The summed E-state index contributed by atoms with van der Waals surface area (Å²) in [7, 11) is 0. The van der Waals surface area contributed by atoms with E-state index >= 15 is 0 Å². The maximum atomic E-state index is 12.9. The number of carbonyl (C=O) groups excluding carboxylic acids is 1. The first-order valence-corrected chi connectivity index (χ1v) is 9.02. The van der Waals surface area contributed by atoms with Gasteiger partial charge in [-0.15, -0.1) is 0 Å². The number of pyridine rings is 1. The van der Waals surface area contributed by atoms with Crippen LogP contribution in [0.15, 0.2) is 24.3 Å². The molecule has 1 saturated carbocycles. The zero-order valence-corrected chi connectivity index (χ0v) is 15.4. The van der Waals surface area contributed by atoms with E-state index in [2.05, 4.69) is 23.3 Å². The zero-order valence-electron chi connectivity index (χ0n) is 14.6. The van der Waals surface area contributed by atoms with Gasteiger partial charge in [0, 0.05) is 6.42 Å². The van der Waals surface area contributed by atoms with Gasteiger partial charge in [0.1, 0.15) is 22.8 Å². The van der Waals surface area contributed by atoms with Gasteiger partial charge in [-0.3, -0.25) is 4.79 Å². The highest BCUT2D eigenvalue weighted by atomic mass is 35.5. The molecule has 1 fully saturated rings. The van der Waals surface area contributed by atoms with E-state index < -0.39 is 5.41 Å². The van der Waals surface area contributed by atoms with Gasteiger partial charge < -0.3 is 10.1 Å². The largest absolute Gasteiger partial charge is 0.490 e. The number of hydrogen-bond donors (Lipinski definition) is 1. The Morgan fingerprint density at radius 1 is 1.32 bits per heavy atom. The molecule has 1 amide bonds. The number of ether oxygens (including phenoxy) is 1. The van der Waals surface area contributed by atoms with Gasteiger partial charge in [0.05, 0.1) is 5.41 Å². The predicted octanol–water partition coefficient (Wildman–Crippen LogP) is 4.35. The van der Waals surface area contributed by atoms with Crippen molar-refractivity contribution < 1.29 is 9.53 Å². The Hall–Kier alpha value is -2.07. The normalized spacial score (nSPS) is 19.9. The number of amides is 1. The number of hydrogen-bond acceptors (Lipinski definition) is 3. The van der Waals surface area contributed by atoms with E-state index in [0.717, 1.165) is 41.7 Å². The van der Waals surface area contributed by atoms with E-state index in [0.29, 0.717) is 11.0 Å². The number of carbonyl (C=O) groups is 1. The Kier molecular flexibility index (Phi) is 3.76. The van der Waals surface area contributed by atoms with Crippen molar-refractivity contribution in [3.63, 3.8) is 0 Å². The van der Waals surface area contributed by atoms with Crippen LogP contribution >= 0.6 is 11.6 Å². The van der Waals surface area contributed by atoms with Gasteiger partial charge in [-0.25, -0.2) is 4.98 Å². The van der Waals surface area contributed by atoms with Crippen molar-refractivity contribution in [1.82, 2.24) is 4.98 Å². The summed E-state index contributed by atoms with van der Waals surface area (Å²) in [5.74, 6) is 1.45. The molecule has 4 nitrogen and oxygen atoms in total. The highest BCUT2D eigenvalue weighted by molar-refractivity contribution is 6.30. The van der Waals surface area contributed by atoms with Gasteiger partial charge in [0.2, 0.25) is 5.91 Å². The molecular weight excluding hydrogens is 336 g/mol. The van der Waals surface area contributed by atoms with Crippen molar-refractivity contribution in [1.29, 1.82) is 0 Å². The minimum atomic E-state index is -0.451. The van der Waals surface area contributed by atoms with Crippen LogP contribution in [-0.4, -0.2) is 17.0 Å². The summed E-state index contributed by atoms with van der Waals surface area (Å²) in [5, 5.41) is 3.40. The van der Waals surface area contributed by atoms with Crippen molar-refractivity contribution in [3.05, 3.63) is 51.7 Å². The van der Waals surface area contributed by atoms with Crippen molar-refractivity contribution in [2.24, 2.45) is 0 Å². The molecule has 1 N–H and O–H groups in total. The van der Waals surface area contributed by atoms with Crippen LogP contribution in [0.25, 0.3) is 0 Å². The number of aryl methyl sites for hydroxylation is 1. The number of nitrogens with zero attached hydrogens (tertiary/aromatic N) is 1. The molecule has 1 aliphatic heterocycles. The van der Waals surface area contributed by atoms with Crippen LogP contribution in [0.4, 0.5) is 5.82 Å². The lowest BCUT2D eigenvalue weighted by molar-refractivity contribution is -0.118. The smallest absolute Gasteiger partial charge is 0.236 e. The average Bonchev–Trinajstić information content (AvgIpc) is 3.28. The van der Waals surface area contributed by atoms with Gasteiger partial charge in [-0.2, -0.15) is 0 Å². The van der Waals surface area contributed by atoms with Crippen molar-refractivity contribution in [3.8, 4) is 5.75 Å². The second-order valence-corrected chi connectivity index (χ2v) is 7.59. The van der Waals surface area contributed by atoms with Crippen LogP contribution in [0.3, 0.4) is 0 Å². The summed E-state index contributed by atoms with van der Waals surface area (Å²) in [6.45, 7) is 5.95. The molecule has 0 radical (unpaired) electrons. The van der Waals surface area contributed by atoms with Gasteiger partial charge in [-0.1, -0.05) is 23.7 Å². The Morgan fingerprint density at radius 2 is 2.08 bits per heavy atom. The number of fused-ring (bicyclic) bond motifs is 1. The predicted molar refractivity (Wildman–Crippen MR) is 98.5 cm³/mol. The van der Waals surface area contributed by atoms with Gasteiger partial charge >= 0.3 is 0 Å². The fraction of sp³-hybridized carbons (Fsp3) is 0.400. The minimum Gasteiger partial charge on any atom is -0.490 e. The van der Waals surface area contributed by atoms with Crippen LogP contribution in [0.2, 0.25) is 5.15 Å². The monoisotopic (exact) mass is 356 g/mol. The third kappa shape index (κ3) is 2.78. The summed E-state index contributed by atoms with van der Waals surface area (Å²) in [6, 6.07) is 8.01. The maximum absolute atomic E-state index is 12.9. The topological polar surface area (TPSA) is 51.2 Å². The van der Waals surface area contributed by atoms with E-state index in [1.165, 1.54) is 5.56 Å². The van der Waals surface area contributed by atoms with Crippen LogP contribution in [0.5, 0.6) is 5.75 Å². The molecular formula is C20H21ClN2O2. The molecule has 1 unspecified atom stereocenters. The molecule has 1 aliphatic carbocycles. The van der Waals surface area contributed by atoms with E-state index in [4.69, 9.17) is 16.3 Å². The summed E-state index contributed by atoms with van der Waals surface area (Å²) < 4.78 is 5.76. The molecule has 25 heavy (non-hydrogen) atoms. The number of nitrogens with one attached hydrogen (secondary N) is 1. The van der Waals surface area contributed by atoms with E-state index in [9.17, 15) is 4.79 Å². The molecule has 2 heterocycles. The first-order chi connectivity index (χ1) is 11.9. The molecule has 1 atom stereocenters.